The van der Waals surface area contributed by atoms with Gasteiger partial charge in [-0.2, -0.15) is 0 Å². The van der Waals surface area contributed by atoms with Gasteiger partial charge in [0.15, 0.2) is 0 Å². The smallest absolute Gasteiger partial charge is 0.407 e. The van der Waals surface area contributed by atoms with Crippen LogP contribution >= 0.6 is 22.6 Å². The lowest BCUT2D eigenvalue weighted by atomic mass is 10.2. The van der Waals surface area contributed by atoms with Crippen LogP contribution < -0.4 is 5.32 Å². The fraction of sp³-hybridized carbons (Fsp3) is 0.263. The normalized spacial score (nSPS) is 11.5. The molecule has 6 heteroatoms. The van der Waals surface area contributed by atoms with Crippen molar-refractivity contribution in [3.63, 3.8) is 0 Å². The number of hydrogen-bond donors (Lipinski definition) is 1. The molecule has 1 aromatic carbocycles. The van der Waals surface area contributed by atoms with Gasteiger partial charge in [-0.05, 0) is 67.1 Å². The number of nitrogens with one attached hydrogen (secondary N) is 1. The molecule has 25 heavy (non-hydrogen) atoms. The Morgan fingerprint density at radius 3 is 2.56 bits per heavy atom. The standard InChI is InChI=1S/C19H20IN3O2/c1-19(2,3)25-18(24)21-10-13-4-9-17-22-16(12-23(17)11-13)14-5-7-15(20)8-6-14/h4-9,11-12H,10H2,1-3H3,(H,21,24). The molecule has 0 radical (unpaired) electrons. The first-order valence-corrected chi connectivity index (χ1v) is 9.08. The lowest BCUT2D eigenvalue weighted by Gasteiger charge is -2.19. The fourth-order valence-electron chi connectivity index (χ4n) is 2.39. The fourth-order valence-corrected chi connectivity index (χ4v) is 2.75. The van der Waals surface area contributed by atoms with E-state index in [0.29, 0.717) is 6.54 Å². The molecule has 0 aliphatic rings. The summed E-state index contributed by atoms with van der Waals surface area (Å²) in [6.45, 7) is 5.94. The Morgan fingerprint density at radius 1 is 1.16 bits per heavy atom. The maximum atomic E-state index is 11.8. The Balaban J connectivity index is 1.74. The second kappa shape index (κ2) is 7.03. The Labute approximate surface area is 160 Å². The summed E-state index contributed by atoms with van der Waals surface area (Å²) >= 11 is 2.29. The van der Waals surface area contributed by atoms with Crippen LogP contribution in [-0.4, -0.2) is 21.1 Å². The topological polar surface area (TPSA) is 55.6 Å². The van der Waals surface area contributed by atoms with Crippen molar-refractivity contribution in [2.75, 3.05) is 0 Å². The number of ether oxygens (including phenoxy) is 1. The predicted octanol–water partition coefficient (Wildman–Crippen LogP) is 4.63. The van der Waals surface area contributed by atoms with E-state index in [1.165, 1.54) is 3.57 Å². The van der Waals surface area contributed by atoms with E-state index in [1.54, 1.807) is 0 Å². The molecule has 0 unspecified atom stereocenters. The molecule has 0 spiro atoms. The first-order valence-electron chi connectivity index (χ1n) is 8.01. The Bertz CT molecular complexity index is 895. The van der Waals surface area contributed by atoms with Crippen LogP contribution in [0.25, 0.3) is 16.9 Å². The SMILES string of the molecule is CC(C)(C)OC(=O)NCc1ccc2nc(-c3ccc(I)cc3)cn2c1. The summed E-state index contributed by atoms with van der Waals surface area (Å²) in [5.74, 6) is 0. The number of nitrogens with zero attached hydrogens (tertiary/aromatic N) is 2. The highest BCUT2D eigenvalue weighted by molar-refractivity contribution is 14.1. The number of pyridine rings is 1. The number of hydrogen-bond acceptors (Lipinski definition) is 3. The van der Waals surface area contributed by atoms with E-state index in [4.69, 9.17) is 4.74 Å². The van der Waals surface area contributed by atoms with Crippen LogP contribution in [0.2, 0.25) is 0 Å². The van der Waals surface area contributed by atoms with E-state index >= 15 is 0 Å². The van der Waals surface area contributed by atoms with Crippen molar-refractivity contribution < 1.29 is 9.53 Å². The van der Waals surface area contributed by atoms with E-state index in [9.17, 15) is 4.79 Å². The molecule has 0 saturated heterocycles. The number of fused-ring (bicyclic) bond motifs is 1. The van der Waals surface area contributed by atoms with Crippen molar-refractivity contribution in [2.24, 2.45) is 0 Å². The second-order valence-corrected chi connectivity index (χ2v) is 8.04. The van der Waals surface area contributed by atoms with Gasteiger partial charge in [-0.3, -0.25) is 0 Å². The Hall–Kier alpha value is -2.09. The van der Waals surface area contributed by atoms with Crippen LogP contribution in [-0.2, 0) is 11.3 Å². The number of carbonyl (C=O) groups excluding carboxylic acids is 1. The molecule has 0 saturated carbocycles. The van der Waals surface area contributed by atoms with Gasteiger partial charge >= 0.3 is 6.09 Å². The molecular weight excluding hydrogens is 429 g/mol. The summed E-state index contributed by atoms with van der Waals surface area (Å²) in [6.07, 6.45) is 3.54. The molecule has 0 fully saturated rings. The van der Waals surface area contributed by atoms with Crippen molar-refractivity contribution in [2.45, 2.75) is 32.9 Å². The number of carbonyl (C=O) groups is 1. The zero-order valence-corrected chi connectivity index (χ0v) is 16.6. The van der Waals surface area contributed by atoms with Crippen LogP contribution in [0.5, 0.6) is 0 Å². The number of benzene rings is 1. The molecular formula is C19H20IN3O2. The van der Waals surface area contributed by atoms with E-state index in [2.05, 4.69) is 57.2 Å². The summed E-state index contributed by atoms with van der Waals surface area (Å²) in [7, 11) is 0. The monoisotopic (exact) mass is 449 g/mol. The highest BCUT2D eigenvalue weighted by atomic mass is 127. The number of amides is 1. The average Bonchev–Trinajstić information content (AvgIpc) is 2.95. The van der Waals surface area contributed by atoms with E-state index in [1.807, 2.05) is 49.7 Å². The van der Waals surface area contributed by atoms with E-state index in [0.717, 1.165) is 22.5 Å². The largest absolute Gasteiger partial charge is 0.444 e. The molecule has 5 nitrogen and oxygen atoms in total. The first kappa shape index (κ1) is 17.7. The zero-order valence-electron chi connectivity index (χ0n) is 14.4. The van der Waals surface area contributed by atoms with Gasteiger partial charge in [0.1, 0.15) is 11.2 Å². The number of aromatic nitrogens is 2. The molecule has 0 atom stereocenters. The lowest BCUT2D eigenvalue weighted by Crippen LogP contribution is -2.32. The van der Waals surface area contributed by atoms with Gasteiger partial charge in [0.25, 0.3) is 0 Å². The van der Waals surface area contributed by atoms with Crippen molar-refractivity contribution in [3.8, 4) is 11.3 Å². The quantitative estimate of drug-likeness (QED) is 0.594. The minimum atomic E-state index is -0.499. The van der Waals surface area contributed by atoms with E-state index in [-0.39, 0.29) is 0 Å². The summed E-state index contributed by atoms with van der Waals surface area (Å²) < 4.78 is 8.42. The molecule has 3 aromatic rings. The third-order valence-corrected chi connectivity index (χ3v) is 4.21. The van der Waals surface area contributed by atoms with Crippen LogP contribution in [0.4, 0.5) is 4.79 Å². The van der Waals surface area contributed by atoms with Crippen molar-refractivity contribution in [1.82, 2.24) is 14.7 Å². The second-order valence-electron chi connectivity index (χ2n) is 6.79. The summed E-state index contributed by atoms with van der Waals surface area (Å²) in [5, 5.41) is 2.77. The Morgan fingerprint density at radius 2 is 1.88 bits per heavy atom. The number of rotatable bonds is 3. The minimum absolute atomic E-state index is 0.405. The van der Waals surface area contributed by atoms with E-state index < -0.39 is 11.7 Å². The number of alkyl carbamates (subject to hydrolysis) is 1. The molecule has 2 aromatic heterocycles. The number of halogens is 1. The van der Waals surface area contributed by atoms with Crippen LogP contribution in [0.1, 0.15) is 26.3 Å². The minimum Gasteiger partial charge on any atom is -0.444 e. The van der Waals surface area contributed by atoms with Crippen LogP contribution in [0.15, 0.2) is 48.8 Å². The molecule has 0 aliphatic heterocycles. The highest BCUT2D eigenvalue weighted by Crippen LogP contribution is 2.20. The molecule has 130 valence electrons. The van der Waals surface area contributed by atoms with Crippen LogP contribution in [0.3, 0.4) is 0 Å². The van der Waals surface area contributed by atoms with Gasteiger partial charge in [-0.1, -0.05) is 18.2 Å². The number of imidazole rings is 1. The van der Waals surface area contributed by atoms with Crippen molar-refractivity contribution in [1.29, 1.82) is 0 Å². The maximum absolute atomic E-state index is 11.8. The van der Waals surface area contributed by atoms with Gasteiger partial charge in [0, 0.05) is 28.1 Å². The molecule has 0 aliphatic carbocycles. The molecule has 1 N–H and O–H groups in total. The lowest BCUT2D eigenvalue weighted by molar-refractivity contribution is 0.0523. The van der Waals surface area contributed by atoms with Gasteiger partial charge in [-0.15, -0.1) is 0 Å². The third-order valence-electron chi connectivity index (χ3n) is 3.49. The highest BCUT2D eigenvalue weighted by Gasteiger charge is 2.15. The summed E-state index contributed by atoms with van der Waals surface area (Å²) in [4.78, 5) is 16.4. The molecule has 1 amide bonds. The molecule has 3 rings (SSSR count). The molecule has 0 bridgehead atoms. The van der Waals surface area contributed by atoms with Gasteiger partial charge in [0.2, 0.25) is 0 Å². The van der Waals surface area contributed by atoms with Crippen molar-refractivity contribution >= 4 is 34.3 Å². The maximum Gasteiger partial charge on any atom is 0.407 e. The zero-order chi connectivity index (χ0) is 18.0. The van der Waals surface area contributed by atoms with Crippen molar-refractivity contribution in [3.05, 3.63) is 57.9 Å². The average molecular weight is 449 g/mol. The van der Waals surface area contributed by atoms with Gasteiger partial charge < -0.3 is 14.5 Å². The third kappa shape index (κ3) is 4.72. The first-order chi connectivity index (χ1) is 11.8. The van der Waals surface area contributed by atoms with Gasteiger partial charge in [-0.25, -0.2) is 9.78 Å². The summed E-state index contributed by atoms with van der Waals surface area (Å²) in [5.41, 5.74) is 3.35. The summed E-state index contributed by atoms with van der Waals surface area (Å²) in [6, 6.07) is 12.2. The Kier molecular flexibility index (Phi) is 4.99. The molecule has 2 heterocycles. The van der Waals surface area contributed by atoms with Crippen LogP contribution in [0, 0.1) is 3.57 Å². The predicted molar refractivity (Wildman–Crippen MR) is 106 cm³/mol. The van der Waals surface area contributed by atoms with Gasteiger partial charge in [0.05, 0.1) is 5.69 Å².